The van der Waals surface area contributed by atoms with Crippen molar-refractivity contribution in [1.29, 1.82) is 0 Å². The van der Waals surface area contributed by atoms with Gasteiger partial charge in [0.25, 0.3) is 5.69 Å². The summed E-state index contributed by atoms with van der Waals surface area (Å²) in [7, 11) is 0. The van der Waals surface area contributed by atoms with E-state index in [0.717, 1.165) is 6.20 Å². The Labute approximate surface area is 123 Å². The predicted molar refractivity (Wildman–Crippen MR) is 74.1 cm³/mol. The maximum Gasteiger partial charge on any atom is 0.335 e. The van der Waals surface area contributed by atoms with E-state index in [0.29, 0.717) is 5.56 Å². The van der Waals surface area contributed by atoms with Gasteiger partial charge >= 0.3 is 5.97 Å². The van der Waals surface area contributed by atoms with Crippen LogP contribution in [-0.2, 0) is 0 Å². The molecule has 1 N–H and O–H groups in total. The SMILES string of the molecule is Cc1cc([N+](=O)[O-])cnc1Oc1ccc(C(=O)O)cc1Cl. The van der Waals surface area contributed by atoms with E-state index in [2.05, 4.69) is 4.98 Å². The number of benzene rings is 1. The zero-order valence-corrected chi connectivity index (χ0v) is 11.5. The number of hydrogen-bond acceptors (Lipinski definition) is 5. The first-order valence-electron chi connectivity index (χ1n) is 5.70. The lowest BCUT2D eigenvalue weighted by Gasteiger charge is -2.09. The van der Waals surface area contributed by atoms with Gasteiger partial charge in [0.05, 0.1) is 15.5 Å². The smallest absolute Gasteiger partial charge is 0.335 e. The highest BCUT2D eigenvalue weighted by atomic mass is 35.5. The third-order valence-electron chi connectivity index (χ3n) is 2.61. The zero-order valence-electron chi connectivity index (χ0n) is 10.7. The van der Waals surface area contributed by atoms with E-state index in [9.17, 15) is 14.9 Å². The molecule has 0 atom stereocenters. The molecule has 0 aliphatic heterocycles. The van der Waals surface area contributed by atoms with Crippen LogP contribution in [0, 0.1) is 17.0 Å². The van der Waals surface area contributed by atoms with Crippen molar-refractivity contribution in [1.82, 2.24) is 4.98 Å². The molecule has 1 aromatic heterocycles. The van der Waals surface area contributed by atoms with Crippen LogP contribution in [0.25, 0.3) is 0 Å². The van der Waals surface area contributed by atoms with Gasteiger partial charge in [-0.2, -0.15) is 0 Å². The summed E-state index contributed by atoms with van der Waals surface area (Å²) >= 11 is 5.93. The van der Waals surface area contributed by atoms with Crippen molar-refractivity contribution in [2.75, 3.05) is 0 Å². The third kappa shape index (κ3) is 3.26. The molecule has 0 saturated heterocycles. The molecule has 1 heterocycles. The van der Waals surface area contributed by atoms with E-state index in [1.807, 2.05) is 0 Å². The van der Waals surface area contributed by atoms with Gasteiger partial charge in [-0.15, -0.1) is 0 Å². The maximum absolute atomic E-state index is 10.8. The maximum atomic E-state index is 10.8. The highest BCUT2D eigenvalue weighted by molar-refractivity contribution is 6.32. The third-order valence-corrected chi connectivity index (χ3v) is 2.91. The van der Waals surface area contributed by atoms with Crippen LogP contribution in [-0.4, -0.2) is 21.0 Å². The van der Waals surface area contributed by atoms with Crippen LogP contribution < -0.4 is 4.74 Å². The number of carboxylic acid groups (broad SMARTS) is 1. The quantitative estimate of drug-likeness (QED) is 0.685. The highest BCUT2D eigenvalue weighted by Crippen LogP contribution is 2.31. The van der Waals surface area contributed by atoms with Crippen LogP contribution in [0.2, 0.25) is 5.02 Å². The van der Waals surface area contributed by atoms with E-state index < -0.39 is 10.9 Å². The number of hydrogen-bond donors (Lipinski definition) is 1. The fourth-order valence-corrected chi connectivity index (χ4v) is 1.79. The Morgan fingerprint density at radius 2 is 2.14 bits per heavy atom. The van der Waals surface area contributed by atoms with Crippen molar-refractivity contribution < 1.29 is 19.6 Å². The summed E-state index contributed by atoms with van der Waals surface area (Å²) < 4.78 is 5.45. The van der Waals surface area contributed by atoms with Crippen molar-refractivity contribution in [3.8, 4) is 11.6 Å². The van der Waals surface area contributed by atoms with E-state index in [1.54, 1.807) is 6.92 Å². The molecular weight excluding hydrogens is 300 g/mol. The van der Waals surface area contributed by atoms with Crippen molar-refractivity contribution in [3.63, 3.8) is 0 Å². The van der Waals surface area contributed by atoms with Crippen molar-refractivity contribution in [2.45, 2.75) is 6.92 Å². The topological polar surface area (TPSA) is 103 Å². The van der Waals surface area contributed by atoms with E-state index in [4.69, 9.17) is 21.4 Å². The Balaban J connectivity index is 2.30. The number of nitro groups is 1. The summed E-state index contributed by atoms with van der Waals surface area (Å²) in [6, 6.07) is 5.31. The Morgan fingerprint density at radius 3 is 2.67 bits per heavy atom. The average Bonchev–Trinajstić information content (AvgIpc) is 2.42. The largest absolute Gasteiger partial charge is 0.478 e. The normalized spacial score (nSPS) is 10.2. The zero-order chi connectivity index (χ0) is 15.6. The number of pyridine rings is 1. The number of rotatable bonds is 4. The minimum atomic E-state index is -1.10. The van der Waals surface area contributed by atoms with Crippen LogP contribution in [0.1, 0.15) is 15.9 Å². The number of aromatic nitrogens is 1. The second-order valence-corrected chi connectivity index (χ2v) is 4.53. The van der Waals surface area contributed by atoms with Crippen LogP contribution in [0.4, 0.5) is 5.69 Å². The summed E-state index contributed by atoms with van der Waals surface area (Å²) in [5, 5.41) is 19.6. The molecule has 0 aliphatic carbocycles. The molecule has 0 spiro atoms. The molecule has 1 aromatic carbocycles. The van der Waals surface area contributed by atoms with Gasteiger partial charge in [0, 0.05) is 11.6 Å². The number of carbonyl (C=O) groups is 1. The van der Waals surface area contributed by atoms with E-state index in [-0.39, 0.29) is 27.9 Å². The van der Waals surface area contributed by atoms with Gasteiger partial charge in [0.2, 0.25) is 5.88 Å². The first kappa shape index (κ1) is 14.7. The molecule has 7 nitrogen and oxygen atoms in total. The summed E-state index contributed by atoms with van der Waals surface area (Å²) in [6.45, 7) is 1.61. The Kier molecular flexibility index (Phi) is 4.04. The fourth-order valence-electron chi connectivity index (χ4n) is 1.57. The summed E-state index contributed by atoms with van der Waals surface area (Å²) in [5.74, 6) is -0.732. The molecule has 0 aliphatic rings. The molecule has 8 heteroatoms. The number of aromatic carboxylic acids is 1. The highest BCUT2D eigenvalue weighted by Gasteiger charge is 2.13. The minimum Gasteiger partial charge on any atom is -0.478 e. The number of aryl methyl sites for hydroxylation is 1. The number of halogens is 1. The van der Waals surface area contributed by atoms with Crippen LogP contribution in [0.3, 0.4) is 0 Å². The van der Waals surface area contributed by atoms with Gasteiger partial charge in [-0.3, -0.25) is 10.1 Å². The molecule has 2 rings (SSSR count). The summed E-state index contributed by atoms with van der Waals surface area (Å²) in [5.41, 5.74) is 0.343. The molecule has 21 heavy (non-hydrogen) atoms. The lowest BCUT2D eigenvalue weighted by molar-refractivity contribution is -0.385. The number of carboxylic acids is 1. The first-order chi connectivity index (χ1) is 9.88. The summed E-state index contributed by atoms with van der Waals surface area (Å²) in [6.07, 6.45) is 1.07. The molecule has 0 amide bonds. The second kappa shape index (κ2) is 5.76. The van der Waals surface area contributed by atoms with Crippen LogP contribution >= 0.6 is 11.6 Å². The van der Waals surface area contributed by atoms with Gasteiger partial charge in [-0.1, -0.05) is 11.6 Å². The van der Waals surface area contributed by atoms with Crippen LogP contribution in [0.5, 0.6) is 11.6 Å². The van der Waals surface area contributed by atoms with E-state index in [1.165, 1.54) is 24.3 Å². The Hall–Kier alpha value is -2.67. The van der Waals surface area contributed by atoms with Gasteiger partial charge in [0.1, 0.15) is 11.9 Å². The summed E-state index contributed by atoms with van der Waals surface area (Å²) in [4.78, 5) is 24.7. The lowest BCUT2D eigenvalue weighted by atomic mass is 10.2. The van der Waals surface area contributed by atoms with Gasteiger partial charge < -0.3 is 9.84 Å². The molecule has 0 bridgehead atoms. The molecule has 0 unspecified atom stereocenters. The van der Waals surface area contributed by atoms with Crippen molar-refractivity contribution in [2.24, 2.45) is 0 Å². The first-order valence-corrected chi connectivity index (χ1v) is 6.08. The molecule has 0 fully saturated rings. The Bertz CT molecular complexity index is 671. The minimum absolute atomic E-state index is 0.0285. The second-order valence-electron chi connectivity index (χ2n) is 4.13. The standard InChI is InChI=1S/C13H9ClN2O5/c1-7-4-9(16(19)20)6-15-12(7)21-11-3-2-8(13(17)18)5-10(11)14/h2-6H,1H3,(H,17,18). The molecule has 2 aromatic rings. The molecular formula is C13H9ClN2O5. The average molecular weight is 309 g/mol. The lowest BCUT2D eigenvalue weighted by Crippen LogP contribution is -1.98. The van der Waals surface area contributed by atoms with Gasteiger partial charge in [-0.05, 0) is 25.1 Å². The fraction of sp³-hybridized carbons (Fsp3) is 0.0769. The van der Waals surface area contributed by atoms with Gasteiger partial charge in [0.15, 0.2) is 0 Å². The van der Waals surface area contributed by atoms with Crippen molar-refractivity contribution in [3.05, 3.63) is 56.7 Å². The molecule has 108 valence electrons. The molecule has 0 radical (unpaired) electrons. The Morgan fingerprint density at radius 1 is 1.43 bits per heavy atom. The van der Waals surface area contributed by atoms with Crippen LogP contribution in [0.15, 0.2) is 30.5 Å². The monoisotopic (exact) mass is 308 g/mol. The number of ether oxygens (including phenoxy) is 1. The predicted octanol–water partition coefficient (Wildman–Crippen LogP) is 3.44. The number of nitrogens with zero attached hydrogens (tertiary/aromatic N) is 2. The molecule has 0 saturated carbocycles. The van der Waals surface area contributed by atoms with Crippen molar-refractivity contribution >= 4 is 23.3 Å². The van der Waals surface area contributed by atoms with E-state index >= 15 is 0 Å². The van der Waals surface area contributed by atoms with Gasteiger partial charge in [-0.25, -0.2) is 9.78 Å².